The molecule has 2 saturated heterocycles. The Hall–Kier alpha value is -1.44. The van der Waals surface area contributed by atoms with E-state index in [4.69, 9.17) is 4.74 Å². The van der Waals surface area contributed by atoms with E-state index in [1.165, 1.54) is 6.07 Å². The van der Waals surface area contributed by atoms with Crippen molar-refractivity contribution in [3.63, 3.8) is 0 Å². The number of nitrogens with zero attached hydrogens (tertiary/aromatic N) is 2. The van der Waals surface area contributed by atoms with E-state index in [2.05, 4.69) is 18.7 Å². The van der Waals surface area contributed by atoms with E-state index >= 15 is 0 Å². The molecular weight excluding hydrogens is 364 g/mol. The van der Waals surface area contributed by atoms with Crippen LogP contribution in [0, 0.1) is 11.8 Å². The molecule has 0 aliphatic carbocycles. The van der Waals surface area contributed by atoms with Crippen molar-refractivity contribution in [2.75, 3.05) is 33.2 Å². The molecule has 0 unspecified atom stereocenters. The van der Waals surface area contributed by atoms with Crippen LogP contribution in [0.15, 0.2) is 29.2 Å². The van der Waals surface area contributed by atoms with E-state index in [0.29, 0.717) is 37.0 Å². The molecule has 3 rings (SSSR count). The first-order chi connectivity index (χ1) is 12.8. The van der Waals surface area contributed by atoms with E-state index in [0.717, 1.165) is 25.8 Å². The van der Waals surface area contributed by atoms with Crippen LogP contribution in [0.4, 0.5) is 0 Å². The van der Waals surface area contributed by atoms with Crippen molar-refractivity contribution in [1.29, 1.82) is 0 Å². The summed E-state index contributed by atoms with van der Waals surface area (Å²) in [6, 6.07) is 6.25. The molecule has 0 saturated carbocycles. The molecule has 7 heteroatoms. The average molecular weight is 395 g/mol. The minimum absolute atomic E-state index is 0.139. The van der Waals surface area contributed by atoms with Crippen molar-refractivity contribution < 1.29 is 17.9 Å². The number of piperidine rings is 2. The fourth-order valence-corrected chi connectivity index (χ4v) is 5.90. The lowest BCUT2D eigenvalue weighted by Crippen LogP contribution is -2.42. The van der Waals surface area contributed by atoms with Crippen LogP contribution >= 0.6 is 0 Å². The Bertz CT molecular complexity index is 770. The summed E-state index contributed by atoms with van der Waals surface area (Å²) >= 11 is 0. The molecule has 0 spiro atoms. The maximum atomic E-state index is 13.1. The molecule has 6 nitrogen and oxygen atoms in total. The zero-order chi connectivity index (χ0) is 19.6. The van der Waals surface area contributed by atoms with Crippen molar-refractivity contribution in [3.05, 3.63) is 29.8 Å². The first-order valence-electron chi connectivity index (χ1n) is 9.75. The third kappa shape index (κ3) is 4.89. The number of hydrogen-bond acceptors (Lipinski definition) is 5. The fourth-order valence-electron chi connectivity index (χ4n) is 4.17. The van der Waals surface area contributed by atoms with Crippen molar-refractivity contribution in [2.45, 2.75) is 44.1 Å². The van der Waals surface area contributed by atoms with E-state index in [9.17, 15) is 13.2 Å². The van der Waals surface area contributed by atoms with Crippen LogP contribution in [0.2, 0.25) is 0 Å². The van der Waals surface area contributed by atoms with Crippen LogP contribution in [-0.4, -0.2) is 62.9 Å². The zero-order valence-corrected chi connectivity index (χ0v) is 17.2. The summed E-state index contributed by atoms with van der Waals surface area (Å²) in [4.78, 5) is 14.8. The molecule has 2 fully saturated rings. The van der Waals surface area contributed by atoms with Gasteiger partial charge in [-0.2, -0.15) is 4.31 Å². The number of esters is 1. The first-order valence-corrected chi connectivity index (χ1v) is 11.2. The quantitative estimate of drug-likeness (QED) is 0.735. The number of carbonyl (C=O) groups excluding carboxylic acids is 1. The standard InChI is InChI=1S/C20H30N2O4S/c1-15-10-16(2)13-22(12-15)27(24,25)19-8-4-6-17(11-19)20(23)26-18-7-5-9-21(3)14-18/h4,6,8,11,15-16,18H,5,7,9-10,12-14H2,1-3H3/t15-,16-,18+/m0/s1. The van der Waals surface area contributed by atoms with Crippen LogP contribution in [0.25, 0.3) is 0 Å². The number of ether oxygens (including phenoxy) is 1. The Balaban J connectivity index is 1.75. The van der Waals surface area contributed by atoms with Gasteiger partial charge in [-0.1, -0.05) is 19.9 Å². The normalized spacial score (nSPS) is 28.0. The second-order valence-electron chi connectivity index (χ2n) is 8.23. The first kappa shape index (κ1) is 20.3. The lowest BCUT2D eigenvalue weighted by molar-refractivity contribution is 0.0108. The molecule has 0 N–H and O–H groups in total. The Morgan fingerprint density at radius 2 is 1.85 bits per heavy atom. The van der Waals surface area contributed by atoms with Gasteiger partial charge in [-0.15, -0.1) is 0 Å². The topological polar surface area (TPSA) is 66.9 Å². The molecule has 2 heterocycles. The molecule has 0 aromatic heterocycles. The summed E-state index contributed by atoms with van der Waals surface area (Å²) < 4.78 is 33.3. The summed E-state index contributed by atoms with van der Waals surface area (Å²) in [6.45, 7) is 6.92. The van der Waals surface area contributed by atoms with Gasteiger partial charge in [-0.05, 0) is 62.9 Å². The molecule has 2 aliphatic rings. The monoisotopic (exact) mass is 394 g/mol. The lowest BCUT2D eigenvalue weighted by atomic mass is 9.94. The van der Waals surface area contributed by atoms with Crippen LogP contribution in [0.5, 0.6) is 0 Å². The van der Waals surface area contributed by atoms with Crippen LogP contribution in [0.1, 0.15) is 43.5 Å². The minimum Gasteiger partial charge on any atom is -0.457 e. The van der Waals surface area contributed by atoms with Gasteiger partial charge in [0, 0.05) is 19.6 Å². The molecule has 2 aliphatic heterocycles. The fraction of sp³-hybridized carbons (Fsp3) is 0.650. The minimum atomic E-state index is -3.61. The Morgan fingerprint density at radius 3 is 2.52 bits per heavy atom. The molecule has 0 amide bonds. The maximum Gasteiger partial charge on any atom is 0.338 e. The van der Waals surface area contributed by atoms with E-state index in [-0.39, 0.29) is 11.0 Å². The maximum absolute atomic E-state index is 13.1. The SMILES string of the molecule is C[C@H]1C[C@H](C)CN(S(=O)(=O)c2cccc(C(=O)O[C@@H]3CCCN(C)C3)c2)C1. The number of likely N-dealkylation sites (N-methyl/N-ethyl adjacent to an activating group) is 1. The summed E-state index contributed by atoms with van der Waals surface area (Å²) in [6.07, 6.45) is 2.74. The smallest absolute Gasteiger partial charge is 0.338 e. The highest BCUT2D eigenvalue weighted by molar-refractivity contribution is 7.89. The number of rotatable bonds is 4. The second-order valence-corrected chi connectivity index (χ2v) is 10.2. The van der Waals surface area contributed by atoms with Gasteiger partial charge in [0.25, 0.3) is 0 Å². The van der Waals surface area contributed by atoms with Crippen LogP contribution in [-0.2, 0) is 14.8 Å². The molecule has 150 valence electrons. The number of hydrogen-bond donors (Lipinski definition) is 0. The van der Waals surface area contributed by atoms with Gasteiger partial charge in [0.15, 0.2) is 0 Å². The third-order valence-electron chi connectivity index (χ3n) is 5.40. The van der Waals surface area contributed by atoms with Gasteiger partial charge in [0.1, 0.15) is 6.10 Å². The number of sulfonamides is 1. The van der Waals surface area contributed by atoms with Gasteiger partial charge in [0.2, 0.25) is 10.0 Å². The summed E-state index contributed by atoms with van der Waals surface area (Å²) in [7, 11) is -1.60. The zero-order valence-electron chi connectivity index (χ0n) is 16.4. The van der Waals surface area contributed by atoms with Gasteiger partial charge in [-0.3, -0.25) is 0 Å². The second kappa shape index (κ2) is 8.29. The van der Waals surface area contributed by atoms with E-state index in [1.807, 2.05) is 7.05 Å². The molecule has 0 bridgehead atoms. The highest BCUT2D eigenvalue weighted by Gasteiger charge is 2.32. The number of benzene rings is 1. The highest BCUT2D eigenvalue weighted by atomic mass is 32.2. The summed E-state index contributed by atoms with van der Waals surface area (Å²) in [5, 5.41) is 0. The predicted octanol–water partition coefficient (Wildman–Crippen LogP) is 2.60. The van der Waals surface area contributed by atoms with Crippen molar-refractivity contribution in [3.8, 4) is 0 Å². The molecule has 27 heavy (non-hydrogen) atoms. The molecule has 1 aromatic carbocycles. The molecule has 0 radical (unpaired) electrons. The van der Waals surface area contributed by atoms with Gasteiger partial charge in [-0.25, -0.2) is 13.2 Å². The Labute approximate surface area is 162 Å². The molecule has 3 atom stereocenters. The largest absolute Gasteiger partial charge is 0.457 e. The Kier molecular flexibility index (Phi) is 6.23. The van der Waals surface area contributed by atoms with E-state index in [1.54, 1.807) is 22.5 Å². The molecular formula is C20H30N2O4S. The van der Waals surface area contributed by atoms with Crippen molar-refractivity contribution in [2.24, 2.45) is 11.8 Å². The van der Waals surface area contributed by atoms with Crippen LogP contribution in [0.3, 0.4) is 0 Å². The third-order valence-corrected chi connectivity index (χ3v) is 7.23. The van der Waals surface area contributed by atoms with Crippen molar-refractivity contribution >= 4 is 16.0 Å². The lowest BCUT2D eigenvalue weighted by Gasteiger charge is -2.34. The predicted molar refractivity (Wildman–Crippen MR) is 104 cm³/mol. The number of likely N-dealkylation sites (tertiary alicyclic amines) is 1. The van der Waals surface area contributed by atoms with Gasteiger partial charge in [0.05, 0.1) is 10.5 Å². The average Bonchev–Trinajstić information content (AvgIpc) is 2.61. The number of carbonyl (C=O) groups is 1. The van der Waals surface area contributed by atoms with E-state index < -0.39 is 16.0 Å². The van der Waals surface area contributed by atoms with Gasteiger partial charge >= 0.3 is 5.97 Å². The summed E-state index contributed by atoms with van der Waals surface area (Å²) in [5.41, 5.74) is 0.294. The highest BCUT2D eigenvalue weighted by Crippen LogP contribution is 2.27. The van der Waals surface area contributed by atoms with Crippen LogP contribution < -0.4 is 0 Å². The van der Waals surface area contributed by atoms with Crippen molar-refractivity contribution in [1.82, 2.24) is 9.21 Å². The molecule has 1 aromatic rings. The summed E-state index contributed by atoms with van der Waals surface area (Å²) in [5.74, 6) is 0.215. The van der Waals surface area contributed by atoms with Gasteiger partial charge < -0.3 is 9.64 Å². The Morgan fingerprint density at radius 1 is 1.15 bits per heavy atom.